The number of carbonyl (C=O) groups is 1. The van der Waals surface area contributed by atoms with Gasteiger partial charge in [0.2, 0.25) is 15.6 Å². The molecule has 0 saturated carbocycles. The lowest BCUT2D eigenvalue weighted by Gasteiger charge is -2.42. The van der Waals surface area contributed by atoms with Gasteiger partial charge in [-0.25, -0.2) is 30.7 Å². The summed E-state index contributed by atoms with van der Waals surface area (Å²) in [5.41, 5.74) is -4.35. The van der Waals surface area contributed by atoms with Crippen molar-refractivity contribution in [3.63, 3.8) is 0 Å². The number of sulfonamides is 2. The molecule has 1 atom stereocenters. The van der Waals surface area contributed by atoms with Crippen molar-refractivity contribution in [2.75, 3.05) is 22.4 Å². The van der Waals surface area contributed by atoms with E-state index in [2.05, 4.69) is 14.8 Å². The fraction of sp³-hybridized carbons (Fsp3) is 0.435. The van der Waals surface area contributed by atoms with E-state index in [0.717, 1.165) is 40.9 Å². The van der Waals surface area contributed by atoms with Crippen LogP contribution in [-0.4, -0.2) is 59.1 Å². The molecule has 39 heavy (non-hydrogen) atoms. The zero-order chi connectivity index (χ0) is 29.6. The molecule has 0 aromatic heterocycles. The summed E-state index contributed by atoms with van der Waals surface area (Å²) >= 11 is 0. The highest BCUT2D eigenvalue weighted by Gasteiger charge is 2.51. The number of rotatable bonds is 7. The van der Waals surface area contributed by atoms with Crippen LogP contribution in [0, 0.1) is 5.82 Å². The number of nitrogens with one attached hydrogen (secondary N) is 2. The van der Waals surface area contributed by atoms with E-state index in [9.17, 15) is 39.2 Å². The lowest BCUT2D eigenvalue weighted by Crippen LogP contribution is -2.60. The predicted molar refractivity (Wildman–Crippen MR) is 134 cm³/mol. The van der Waals surface area contributed by atoms with Gasteiger partial charge in [-0.15, -0.1) is 0 Å². The van der Waals surface area contributed by atoms with Crippen molar-refractivity contribution in [1.29, 1.82) is 0 Å². The molecule has 216 valence electrons. The average Bonchev–Trinajstić information content (AvgIpc) is 2.75. The molecule has 0 spiro atoms. The Hall–Kier alpha value is -3.11. The SMILES string of the molecule is CC(C)(NS(C)(=O)=O)C1CN(S(=O)(=O)c2ccc(F)cc2)c2cc(NC(=O)OC(C)(C)C(F)(F)F)ccc2O1. The molecule has 1 heterocycles. The van der Waals surface area contributed by atoms with Gasteiger partial charge in [0, 0.05) is 5.69 Å². The second-order valence-electron chi connectivity index (χ2n) is 9.90. The van der Waals surface area contributed by atoms with E-state index in [4.69, 9.17) is 4.74 Å². The van der Waals surface area contributed by atoms with Crippen molar-refractivity contribution in [2.45, 2.75) is 56.0 Å². The van der Waals surface area contributed by atoms with Crippen molar-refractivity contribution < 1.29 is 48.7 Å². The molecule has 1 amide bonds. The lowest BCUT2D eigenvalue weighted by atomic mass is 9.97. The first-order valence-electron chi connectivity index (χ1n) is 11.3. The van der Waals surface area contributed by atoms with Gasteiger partial charge in [0.05, 0.1) is 28.9 Å². The van der Waals surface area contributed by atoms with E-state index in [1.807, 2.05) is 0 Å². The van der Waals surface area contributed by atoms with Crippen LogP contribution >= 0.6 is 0 Å². The summed E-state index contributed by atoms with van der Waals surface area (Å²) < 4.78 is 118. The third-order valence-corrected chi connectivity index (χ3v) is 8.45. The van der Waals surface area contributed by atoms with Gasteiger partial charge in [-0.3, -0.25) is 9.62 Å². The molecule has 0 bridgehead atoms. The third kappa shape index (κ3) is 6.91. The molecule has 0 saturated heterocycles. The number of ether oxygens (including phenoxy) is 2. The van der Waals surface area contributed by atoms with Gasteiger partial charge in [0.25, 0.3) is 10.0 Å². The largest absolute Gasteiger partial charge is 0.484 e. The first-order chi connectivity index (χ1) is 17.6. The zero-order valence-electron chi connectivity index (χ0n) is 21.5. The summed E-state index contributed by atoms with van der Waals surface area (Å²) in [5, 5.41) is 2.13. The Balaban J connectivity index is 2.04. The number of benzene rings is 2. The fourth-order valence-electron chi connectivity index (χ4n) is 3.64. The average molecular weight is 598 g/mol. The molecule has 0 radical (unpaired) electrons. The second kappa shape index (κ2) is 10.1. The Morgan fingerprint density at radius 2 is 1.62 bits per heavy atom. The number of amides is 1. The van der Waals surface area contributed by atoms with Crippen LogP contribution in [0.5, 0.6) is 5.75 Å². The maximum Gasteiger partial charge on any atom is 0.427 e. The summed E-state index contributed by atoms with van der Waals surface area (Å²) in [4.78, 5) is 11.9. The number of halogens is 4. The number of nitrogens with zero attached hydrogens (tertiary/aromatic N) is 1. The molecular formula is C23H27F4N3O7S2. The molecule has 16 heteroatoms. The van der Waals surface area contributed by atoms with Gasteiger partial charge >= 0.3 is 12.3 Å². The summed E-state index contributed by atoms with van der Waals surface area (Å²) in [6.07, 6.45) is -6.43. The Bertz CT molecular complexity index is 1460. The number of carbonyl (C=O) groups excluding carboxylic acids is 1. The first kappa shape index (κ1) is 30.4. The van der Waals surface area contributed by atoms with E-state index in [1.54, 1.807) is 0 Å². The zero-order valence-corrected chi connectivity index (χ0v) is 23.1. The minimum Gasteiger partial charge on any atom is -0.484 e. The van der Waals surface area contributed by atoms with Crippen LogP contribution in [0.4, 0.5) is 33.7 Å². The van der Waals surface area contributed by atoms with Crippen molar-refractivity contribution in [3.8, 4) is 5.75 Å². The molecule has 0 fully saturated rings. The summed E-state index contributed by atoms with van der Waals surface area (Å²) in [6, 6.07) is 7.60. The highest BCUT2D eigenvalue weighted by molar-refractivity contribution is 7.92. The molecular weight excluding hydrogens is 570 g/mol. The summed E-state index contributed by atoms with van der Waals surface area (Å²) in [5.74, 6) is -0.714. The topological polar surface area (TPSA) is 131 Å². The standard InChI is InChI=1S/C23H27F4N3O7S2/c1-21(2,29-38(5,32)33)19-13-30(39(34,35)16-9-6-14(24)7-10-16)17-12-15(8-11-18(17)36-19)28-20(31)37-22(3,4)23(25,26)27/h6-12,19,29H,13H2,1-5H3,(H,28,31). The number of anilines is 2. The Morgan fingerprint density at radius 3 is 2.15 bits per heavy atom. The molecule has 1 unspecified atom stereocenters. The smallest absolute Gasteiger partial charge is 0.427 e. The molecule has 2 N–H and O–H groups in total. The van der Waals surface area contributed by atoms with Gasteiger partial charge in [0.1, 0.15) is 17.7 Å². The van der Waals surface area contributed by atoms with E-state index < -0.39 is 61.9 Å². The Morgan fingerprint density at radius 1 is 1.03 bits per heavy atom. The third-order valence-electron chi connectivity index (χ3n) is 5.76. The van der Waals surface area contributed by atoms with Crippen LogP contribution in [0.2, 0.25) is 0 Å². The quantitative estimate of drug-likeness (QED) is 0.462. The highest BCUT2D eigenvalue weighted by Crippen LogP contribution is 2.41. The predicted octanol–water partition coefficient (Wildman–Crippen LogP) is 4.00. The Kier molecular flexibility index (Phi) is 7.91. The maximum absolute atomic E-state index is 13.6. The molecule has 1 aliphatic heterocycles. The number of fused-ring (bicyclic) bond motifs is 1. The molecule has 2 aromatic rings. The van der Waals surface area contributed by atoms with E-state index in [-0.39, 0.29) is 22.0 Å². The molecule has 3 rings (SSSR count). The first-order valence-corrected chi connectivity index (χ1v) is 14.6. The van der Waals surface area contributed by atoms with Crippen LogP contribution in [0.3, 0.4) is 0 Å². The molecule has 0 aliphatic carbocycles. The Labute approximate surface area is 223 Å². The molecule has 2 aromatic carbocycles. The van der Waals surface area contributed by atoms with Crippen LogP contribution < -0.4 is 19.1 Å². The summed E-state index contributed by atoms with van der Waals surface area (Å²) in [7, 11) is -8.15. The fourth-order valence-corrected chi connectivity index (χ4v) is 6.20. The van der Waals surface area contributed by atoms with E-state index in [1.165, 1.54) is 26.0 Å². The van der Waals surface area contributed by atoms with E-state index in [0.29, 0.717) is 13.8 Å². The van der Waals surface area contributed by atoms with Gasteiger partial charge < -0.3 is 9.47 Å². The van der Waals surface area contributed by atoms with Gasteiger partial charge in [-0.05, 0) is 70.2 Å². The maximum atomic E-state index is 13.6. The highest BCUT2D eigenvalue weighted by atomic mass is 32.2. The van der Waals surface area contributed by atoms with Gasteiger partial charge in [-0.1, -0.05) is 0 Å². The van der Waals surface area contributed by atoms with Crippen LogP contribution in [0.25, 0.3) is 0 Å². The van der Waals surface area contributed by atoms with E-state index >= 15 is 0 Å². The normalized spacial score (nSPS) is 16.7. The van der Waals surface area contributed by atoms with Crippen LogP contribution in [0.15, 0.2) is 47.4 Å². The lowest BCUT2D eigenvalue weighted by molar-refractivity contribution is -0.242. The van der Waals surface area contributed by atoms with Gasteiger partial charge in [-0.2, -0.15) is 13.2 Å². The second-order valence-corrected chi connectivity index (χ2v) is 13.5. The monoisotopic (exact) mass is 597 g/mol. The minimum atomic E-state index is -4.85. The molecule has 10 nitrogen and oxygen atoms in total. The number of hydrogen-bond donors (Lipinski definition) is 2. The van der Waals surface area contributed by atoms with Crippen LogP contribution in [0.1, 0.15) is 27.7 Å². The minimum absolute atomic E-state index is 0.0325. The summed E-state index contributed by atoms with van der Waals surface area (Å²) in [6.45, 7) is 3.88. The number of alkyl halides is 3. The van der Waals surface area contributed by atoms with Crippen molar-refractivity contribution >= 4 is 37.5 Å². The molecule has 1 aliphatic rings. The van der Waals surface area contributed by atoms with Crippen molar-refractivity contribution in [1.82, 2.24) is 4.72 Å². The van der Waals surface area contributed by atoms with Crippen molar-refractivity contribution in [3.05, 3.63) is 48.3 Å². The van der Waals surface area contributed by atoms with Crippen molar-refractivity contribution in [2.24, 2.45) is 0 Å². The van der Waals surface area contributed by atoms with Crippen LogP contribution in [-0.2, 0) is 24.8 Å². The van der Waals surface area contributed by atoms with Gasteiger partial charge in [0.15, 0.2) is 0 Å². The number of hydrogen-bond acceptors (Lipinski definition) is 7.